The molecule has 0 aliphatic carbocycles. The summed E-state index contributed by atoms with van der Waals surface area (Å²) in [6.07, 6.45) is 2.89. The molecular formula is C9H9ClIN5O. The van der Waals surface area contributed by atoms with Gasteiger partial charge in [0.15, 0.2) is 0 Å². The van der Waals surface area contributed by atoms with Crippen LogP contribution in [0.2, 0.25) is 5.15 Å². The van der Waals surface area contributed by atoms with E-state index in [4.69, 9.17) is 11.6 Å². The molecule has 0 atom stereocenters. The molecule has 0 aliphatic heterocycles. The number of aryl methyl sites for hydroxylation is 1. The summed E-state index contributed by atoms with van der Waals surface area (Å²) in [7, 11) is 0. The van der Waals surface area contributed by atoms with E-state index in [0.717, 1.165) is 5.82 Å². The van der Waals surface area contributed by atoms with Crippen molar-refractivity contribution in [3.05, 3.63) is 37.6 Å². The summed E-state index contributed by atoms with van der Waals surface area (Å²) in [5.41, 5.74) is -0.170. The van der Waals surface area contributed by atoms with E-state index in [0.29, 0.717) is 16.7 Å². The fourth-order valence-corrected chi connectivity index (χ4v) is 1.96. The average molecular weight is 366 g/mol. The second-order valence-electron chi connectivity index (χ2n) is 3.27. The van der Waals surface area contributed by atoms with E-state index >= 15 is 0 Å². The summed E-state index contributed by atoms with van der Waals surface area (Å²) in [5, 5.41) is 4.27. The van der Waals surface area contributed by atoms with Gasteiger partial charge in [-0.2, -0.15) is 5.10 Å². The molecular weight excluding hydrogens is 356 g/mol. The van der Waals surface area contributed by atoms with Gasteiger partial charge in [0, 0.05) is 6.54 Å². The summed E-state index contributed by atoms with van der Waals surface area (Å²) in [6, 6.07) is 0. The summed E-state index contributed by atoms with van der Waals surface area (Å²) in [4.78, 5) is 19.9. The van der Waals surface area contributed by atoms with Crippen molar-refractivity contribution in [2.75, 3.05) is 0 Å². The van der Waals surface area contributed by atoms with Crippen molar-refractivity contribution in [1.82, 2.24) is 24.3 Å². The summed E-state index contributed by atoms with van der Waals surface area (Å²) in [5.74, 6) is 0.717. The number of aromatic nitrogens is 5. The Bertz CT molecular complexity index is 593. The maximum atomic E-state index is 11.9. The molecule has 0 bridgehead atoms. The van der Waals surface area contributed by atoms with Gasteiger partial charge >= 0.3 is 0 Å². The van der Waals surface area contributed by atoms with Crippen molar-refractivity contribution in [2.45, 2.75) is 20.0 Å². The molecule has 0 aliphatic rings. The molecule has 0 radical (unpaired) electrons. The van der Waals surface area contributed by atoms with Gasteiger partial charge in [-0.1, -0.05) is 11.6 Å². The van der Waals surface area contributed by atoms with E-state index in [1.807, 2.05) is 29.5 Å². The maximum absolute atomic E-state index is 11.9. The second-order valence-corrected chi connectivity index (χ2v) is 4.71. The molecule has 2 rings (SSSR count). The summed E-state index contributed by atoms with van der Waals surface area (Å²) < 4.78 is 3.60. The highest BCUT2D eigenvalue weighted by Gasteiger charge is 2.09. The van der Waals surface area contributed by atoms with Crippen LogP contribution in [0.5, 0.6) is 0 Å². The van der Waals surface area contributed by atoms with Crippen LogP contribution in [0, 0.1) is 3.57 Å². The quantitative estimate of drug-likeness (QED) is 0.605. The van der Waals surface area contributed by atoms with Crippen molar-refractivity contribution in [3.8, 4) is 0 Å². The minimum atomic E-state index is -0.170. The highest BCUT2D eigenvalue weighted by atomic mass is 127. The van der Waals surface area contributed by atoms with E-state index in [-0.39, 0.29) is 10.7 Å². The largest absolute Gasteiger partial charge is 0.291 e. The van der Waals surface area contributed by atoms with Crippen LogP contribution in [0.1, 0.15) is 12.7 Å². The van der Waals surface area contributed by atoms with E-state index in [2.05, 4.69) is 15.1 Å². The Morgan fingerprint density at radius 1 is 1.47 bits per heavy atom. The Morgan fingerprint density at radius 2 is 2.24 bits per heavy atom. The average Bonchev–Trinajstić information content (AvgIpc) is 2.77. The van der Waals surface area contributed by atoms with Crippen LogP contribution in [0.25, 0.3) is 0 Å². The van der Waals surface area contributed by atoms with Gasteiger partial charge in [-0.05, 0) is 29.5 Å². The van der Waals surface area contributed by atoms with Crippen molar-refractivity contribution in [2.24, 2.45) is 0 Å². The molecule has 17 heavy (non-hydrogen) atoms. The lowest BCUT2D eigenvalue weighted by Crippen LogP contribution is -2.25. The lowest BCUT2D eigenvalue weighted by molar-refractivity contribution is 0.581. The summed E-state index contributed by atoms with van der Waals surface area (Å²) in [6.45, 7) is 3.01. The fraction of sp³-hybridized carbons (Fsp3) is 0.333. The molecule has 0 amide bonds. The maximum Gasteiger partial charge on any atom is 0.268 e. The van der Waals surface area contributed by atoms with Crippen LogP contribution in [0.15, 0.2) is 17.4 Å². The number of hydrogen-bond acceptors (Lipinski definition) is 4. The molecule has 0 aromatic carbocycles. The Morgan fingerprint density at radius 3 is 2.94 bits per heavy atom. The first-order chi connectivity index (χ1) is 8.13. The Balaban J connectivity index is 2.37. The normalized spacial score (nSPS) is 10.8. The molecule has 0 spiro atoms. The fourth-order valence-electron chi connectivity index (χ4n) is 1.38. The third-order valence-electron chi connectivity index (χ3n) is 2.25. The third-order valence-corrected chi connectivity index (χ3v) is 3.82. The van der Waals surface area contributed by atoms with Gasteiger partial charge in [0.2, 0.25) is 0 Å². The zero-order valence-corrected chi connectivity index (χ0v) is 11.9. The minimum Gasteiger partial charge on any atom is -0.291 e. The smallest absolute Gasteiger partial charge is 0.268 e. The molecule has 0 saturated carbocycles. The van der Waals surface area contributed by atoms with Crippen LogP contribution in [0.3, 0.4) is 0 Å². The number of nitrogens with zero attached hydrogens (tertiary/aromatic N) is 5. The molecule has 6 nitrogen and oxygen atoms in total. The first-order valence-corrected chi connectivity index (χ1v) is 6.36. The standard InChI is InChI=1S/C9H9ClIN5O/c1-2-16-6(12-4-14-16)3-15-5-13-8(10)7(11)9(15)17/h4-5H,2-3H2,1H3. The molecule has 8 heteroatoms. The van der Waals surface area contributed by atoms with Gasteiger partial charge in [0.1, 0.15) is 20.9 Å². The van der Waals surface area contributed by atoms with Gasteiger partial charge in [-0.25, -0.2) is 14.6 Å². The number of rotatable bonds is 3. The lowest BCUT2D eigenvalue weighted by Gasteiger charge is -2.06. The van der Waals surface area contributed by atoms with E-state index < -0.39 is 0 Å². The Kier molecular flexibility index (Phi) is 3.77. The monoisotopic (exact) mass is 365 g/mol. The Hall–Kier alpha value is -0.960. The van der Waals surface area contributed by atoms with Crippen LogP contribution < -0.4 is 5.56 Å². The van der Waals surface area contributed by atoms with Gasteiger partial charge in [-0.15, -0.1) is 0 Å². The predicted molar refractivity (Wildman–Crippen MR) is 71.0 cm³/mol. The number of halogens is 2. The topological polar surface area (TPSA) is 65.6 Å². The van der Waals surface area contributed by atoms with Gasteiger partial charge in [-0.3, -0.25) is 9.36 Å². The molecule has 2 aromatic rings. The highest BCUT2D eigenvalue weighted by molar-refractivity contribution is 14.1. The van der Waals surface area contributed by atoms with Crippen LogP contribution in [-0.4, -0.2) is 24.3 Å². The molecule has 0 saturated heterocycles. The van der Waals surface area contributed by atoms with Crippen molar-refractivity contribution >= 4 is 34.2 Å². The second kappa shape index (κ2) is 5.13. The van der Waals surface area contributed by atoms with Crippen LogP contribution in [0.4, 0.5) is 0 Å². The zero-order chi connectivity index (χ0) is 12.4. The zero-order valence-electron chi connectivity index (χ0n) is 8.97. The first kappa shape index (κ1) is 12.5. The van der Waals surface area contributed by atoms with E-state index in [1.54, 1.807) is 4.68 Å². The molecule has 0 N–H and O–H groups in total. The minimum absolute atomic E-state index is 0.170. The third kappa shape index (κ3) is 2.49. The van der Waals surface area contributed by atoms with Gasteiger partial charge in [0.05, 0.1) is 12.9 Å². The first-order valence-electron chi connectivity index (χ1n) is 4.90. The SMILES string of the molecule is CCn1ncnc1Cn1cnc(Cl)c(I)c1=O. The van der Waals surface area contributed by atoms with Gasteiger partial charge in [0.25, 0.3) is 5.56 Å². The van der Waals surface area contributed by atoms with E-state index in [1.165, 1.54) is 17.2 Å². The van der Waals surface area contributed by atoms with Crippen LogP contribution in [-0.2, 0) is 13.1 Å². The molecule has 0 unspecified atom stereocenters. The van der Waals surface area contributed by atoms with E-state index in [9.17, 15) is 4.79 Å². The van der Waals surface area contributed by atoms with Crippen LogP contribution >= 0.6 is 34.2 Å². The number of hydrogen-bond donors (Lipinski definition) is 0. The highest BCUT2D eigenvalue weighted by Crippen LogP contribution is 2.09. The van der Waals surface area contributed by atoms with Crippen molar-refractivity contribution < 1.29 is 0 Å². The lowest BCUT2D eigenvalue weighted by atomic mass is 10.5. The molecule has 0 fully saturated rings. The Labute approximate surface area is 116 Å². The molecule has 2 heterocycles. The summed E-state index contributed by atoms with van der Waals surface area (Å²) >= 11 is 7.64. The molecule has 2 aromatic heterocycles. The van der Waals surface area contributed by atoms with Crippen molar-refractivity contribution in [3.63, 3.8) is 0 Å². The van der Waals surface area contributed by atoms with Gasteiger partial charge < -0.3 is 0 Å². The predicted octanol–water partition coefficient (Wildman–Crippen LogP) is 1.16. The molecule has 90 valence electrons. The van der Waals surface area contributed by atoms with Crippen molar-refractivity contribution in [1.29, 1.82) is 0 Å².